The van der Waals surface area contributed by atoms with Gasteiger partial charge in [0.15, 0.2) is 5.58 Å². The maximum atomic E-state index is 6.81. The van der Waals surface area contributed by atoms with Crippen molar-refractivity contribution in [1.82, 2.24) is 0 Å². The number of hydrogen-bond acceptors (Lipinski definition) is 3. The Kier molecular flexibility index (Phi) is 6.06. The highest BCUT2D eigenvalue weighted by Crippen LogP contribution is 2.52. The zero-order valence-corrected chi connectivity index (χ0v) is 26.8. The van der Waals surface area contributed by atoms with E-state index >= 15 is 0 Å². The molecule has 7 aromatic rings. The summed E-state index contributed by atoms with van der Waals surface area (Å²) in [4.78, 5) is 2.24. The molecule has 2 aliphatic carbocycles. The maximum absolute atomic E-state index is 6.81. The summed E-state index contributed by atoms with van der Waals surface area (Å²) >= 11 is 0. The number of hydrogen-bond donors (Lipinski definition) is 0. The molecule has 9 rings (SSSR count). The van der Waals surface area contributed by atoms with Crippen LogP contribution in [0.5, 0.6) is 0 Å². The van der Waals surface area contributed by atoms with Gasteiger partial charge in [-0.1, -0.05) is 123 Å². The van der Waals surface area contributed by atoms with Crippen LogP contribution in [0.15, 0.2) is 172 Å². The van der Waals surface area contributed by atoms with Crippen LogP contribution in [0.2, 0.25) is 0 Å². The zero-order chi connectivity index (χ0) is 32.6. The molecule has 0 saturated heterocycles. The van der Waals surface area contributed by atoms with Gasteiger partial charge in [-0.05, 0) is 64.8 Å². The van der Waals surface area contributed by atoms with Gasteiger partial charge in [0.05, 0.1) is 11.1 Å². The van der Waals surface area contributed by atoms with Gasteiger partial charge in [0, 0.05) is 38.4 Å². The number of allylic oxidation sites excluding steroid dienone is 7. The Morgan fingerprint density at radius 2 is 1.46 bits per heavy atom. The van der Waals surface area contributed by atoms with Gasteiger partial charge in [-0.3, -0.25) is 0 Å². The predicted molar refractivity (Wildman–Crippen MR) is 199 cm³/mol. The summed E-state index contributed by atoms with van der Waals surface area (Å²) in [7, 11) is 0. The third-order valence-corrected chi connectivity index (χ3v) is 9.81. The molecule has 0 fully saturated rings. The van der Waals surface area contributed by atoms with Gasteiger partial charge in [-0.25, -0.2) is 0 Å². The van der Waals surface area contributed by atoms with Crippen LogP contribution in [0.3, 0.4) is 0 Å². The smallest absolute Gasteiger partial charge is 0.160 e. The molecule has 0 amide bonds. The summed E-state index contributed by atoms with van der Waals surface area (Å²) in [5.74, 6) is 0. The zero-order valence-electron chi connectivity index (χ0n) is 26.8. The van der Waals surface area contributed by atoms with E-state index in [1.807, 2.05) is 42.5 Å². The Labute approximate surface area is 278 Å². The number of para-hydroxylation sites is 3. The quantitative estimate of drug-likeness (QED) is 0.180. The lowest BCUT2D eigenvalue weighted by Crippen LogP contribution is -2.20. The van der Waals surface area contributed by atoms with Crippen LogP contribution >= 0.6 is 0 Å². The summed E-state index contributed by atoms with van der Waals surface area (Å²) in [6.07, 6.45) is 8.14. The fourth-order valence-corrected chi connectivity index (χ4v) is 7.54. The summed E-state index contributed by atoms with van der Waals surface area (Å²) in [5.41, 5.74) is 18.5. The number of fused-ring (bicyclic) bond motifs is 7. The minimum absolute atomic E-state index is 0.271. The molecule has 2 aromatic heterocycles. The van der Waals surface area contributed by atoms with E-state index in [0.29, 0.717) is 0 Å². The number of anilines is 2. The lowest BCUT2D eigenvalue weighted by molar-refractivity contribution is 0.659. The molecule has 228 valence electrons. The molecule has 2 heterocycles. The van der Waals surface area contributed by atoms with Crippen molar-refractivity contribution in [2.75, 3.05) is 4.90 Å². The molecule has 0 aliphatic heterocycles. The van der Waals surface area contributed by atoms with Gasteiger partial charge in [0.25, 0.3) is 0 Å². The highest BCUT2D eigenvalue weighted by atomic mass is 16.3. The van der Waals surface area contributed by atoms with Gasteiger partial charge < -0.3 is 13.7 Å². The monoisotopic (exact) mass is 617 g/mol. The second-order valence-electron chi connectivity index (χ2n) is 12.9. The lowest BCUT2D eigenvalue weighted by atomic mass is 9.82. The van der Waals surface area contributed by atoms with Crippen LogP contribution in [0.4, 0.5) is 11.4 Å². The molecule has 0 saturated carbocycles. The molecular weight excluding hydrogens is 587 g/mol. The molecule has 0 radical (unpaired) electrons. The van der Waals surface area contributed by atoms with Crippen LogP contribution in [0.1, 0.15) is 30.5 Å². The van der Waals surface area contributed by atoms with E-state index in [1.54, 1.807) is 0 Å². The predicted octanol–water partition coefficient (Wildman–Crippen LogP) is 12.3. The molecular formula is C45H31NO2. The molecule has 48 heavy (non-hydrogen) atoms. The van der Waals surface area contributed by atoms with Crippen molar-refractivity contribution in [3.8, 4) is 0 Å². The molecule has 2 aliphatic rings. The maximum Gasteiger partial charge on any atom is 0.160 e. The Bertz CT molecular complexity index is 2700. The number of rotatable bonds is 5. The van der Waals surface area contributed by atoms with Gasteiger partial charge in [-0.15, -0.1) is 0 Å². The van der Waals surface area contributed by atoms with Crippen LogP contribution < -0.4 is 4.90 Å². The second kappa shape index (κ2) is 10.4. The van der Waals surface area contributed by atoms with Crippen molar-refractivity contribution >= 4 is 66.4 Å². The van der Waals surface area contributed by atoms with Crippen LogP contribution in [-0.4, -0.2) is 0 Å². The standard InChI is InChI=1S/C45H31NO2/c1-28(26-37-29(2)31-18-8-12-22-36(31)45(37,3)4)46(38-23-13-9-19-32(38)30-16-6-5-7-17-30)43-42-34-21-11-15-25-40(34)47-41(42)27-35-33-20-10-14-24-39(33)48-44(35)43/h5-6,8-16,18-27H,1-2H2,3-4H3/b37-26+. The highest BCUT2D eigenvalue weighted by Gasteiger charge is 2.38. The minimum atomic E-state index is -0.271. The van der Waals surface area contributed by atoms with Crippen LogP contribution in [0.25, 0.3) is 55.0 Å². The largest absolute Gasteiger partial charge is 0.456 e. The Morgan fingerprint density at radius 1 is 0.771 bits per heavy atom. The number of benzene rings is 5. The van der Waals surface area contributed by atoms with Crippen molar-refractivity contribution in [2.24, 2.45) is 0 Å². The van der Waals surface area contributed by atoms with Crippen LogP contribution in [0, 0.1) is 0 Å². The Balaban J connectivity index is 1.41. The van der Waals surface area contributed by atoms with Gasteiger partial charge in [0.2, 0.25) is 0 Å². The molecule has 0 bridgehead atoms. The van der Waals surface area contributed by atoms with Gasteiger partial charge >= 0.3 is 0 Å². The third kappa shape index (κ3) is 4.03. The lowest BCUT2D eigenvalue weighted by Gasteiger charge is -2.30. The summed E-state index contributed by atoms with van der Waals surface area (Å²) < 4.78 is 13.4. The van der Waals surface area contributed by atoms with Crippen molar-refractivity contribution in [1.29, 1.82) is 0 Å². The van der Waals surface area contributed by atoms with E-state index in [2.05, 4.69) is 122 Å². The van der Waals surface area contributed by atoms with E-state index in [4.69, 9.17) is 15.4 Å². The Hall–Kier alpha value is -6.24. The molecule has 0 atom stereocenters. The highest BCUT2D eigenvalue weighted by molar-refractivity contribution is 6.24. The van der Waals surface area contributed by atoms with Gasteiger partial charge in [0.1, 0.15) is 22.4 Å². The average molecular weight is 618 g/mol. The van der Waals surface area contributed by atoms with Gasteiger partial charge in [-0.2, -0.15) is 0 Å². The van der Waals surface area contributed by atoms with E-state index in [0.717, 1.165) is 83.2 Å². The molecule has 0 spiro atoms. The fraction of sp³-hybridized carbons (Fsp3) is 0.0667. The topological polar surface area (TPSA) is 29.5 Å². The summed E-state index contributed by atoms with van der Waals surface area (Å²) in [6, 6.07) is 35.4. The third-order valence-electron chi connectivity index (χ3n) is 9.81. The average Bonchev–Trinajstić information content (AvgIpc) is 3.74. The molecule has 0 N–H and O–H groups in total. The SMILES string of the molecule is C=C1/C(=C\C(=C)N(c2ccccc2C2=C=C=CC=C2)c2c3oc4ccccc4c3cc3oc4ccccc4c23)C(C)(C)c2ccccc21. The second-order valence-corrected chi connectivity index (χ2v) is 12.9. The molecule has 0 unspecified atom stereocenters. The fourth-order valence-electron chi connectivity index (χ4n) is 7.54. The molecule has 3 heteroatoms. The van der Waals surface area contributed by atoms with E-state index in [9.17, 15) is 0 Å². The van der Waals surface area contributed by atoms with Crippen molar-refractivity contribution in [3.63, 3.8) is 0 Å². The van der Waals surface area contributed by atoms with E-state index < -0.39 is 0 Å². The first-order chi connectivity index (χ1) is 23.4. The normalized spacial score (nSPS) is 15.7. The first kappa shape index (κ1) is 28.0. The molecule has 3 nitrogen and oxygen atoms in total. The van der Waals surface area contributed by atoms with E-state index in [1.165, 1.54) is 11.1 Å². The first-order valence-electron chi connectivity index (χ1n) is 16.2. The number of nitrogens with zero attached hydrogens (tertiary/aromatic N) is 1. The first-order valence-corrected chi connectivity index (χ1v) is 16.2. The Morgan fingerprint density at radius 3 is 2.23 bits per heavy atom. The van der Waals surface area contributed by atoms with Crippen molar-refractivity contribution < 1.29 is 8.83 Å². The van der Waals surface area contributed by atoms with Crippen molar-refractivity contribution in [2.45, 2.75) is 19.3 Å². The summed E-state index contributed by atoms with van der Waals surface area (Å²) in [6.45, 7) is 13.9. The van der Waals surface area contributed by atoms with Crippen LogP contribution in [-0.2, 0) is 5.41 Å². The van der Waals surface area contributed by atoms with E-state index in [-0.39, 0.29) is 5.41 Å². The van der Waals surface area contributed by atoms with Crippen molar-refractivity contribution in [3.05, 3.63) is 180 Å². The summed E-state index contributed by atoms with van der Waals surface area (Å²) in [5, 5.41) is 3.97. The molecule has 5 aromatic carbocycles. The number of furan rings is 2. The minimum Gasteiger partial charge on any atom is -0.456 e.